The third kappa shape index (κ3) is 3.66. The molecule has 0 aliphatic rings. The molecule has 5 heteroatoms. The van der Waals surface area contributed by atoms with Crippen molar-refractivity contribution < 1.29 is 24.1 Å². The largest absolute Gasteiger partial charge is 0.506 e. The van der Waals surface area contributed by atoms with E-state index in [1.54, 1.807) is 62.8 Å². The molecular weight excluding hydrogens is 272 g/mol. The van der Waals surface area contributed by atoms with E-state index in [0.717, 1.165) is 11.1 Å². The SMILES string of the molecule is COc1ccc(C(OC(=O)O)c2ccc(OC)cc2)cc1. The van der Waals surface area contributed by atoms with Gasteiger partial charge in [-0.25, -0.2) is 4.79 Å². The predicted octanol–water partition coefficient (Wildman–Crippen LogP) is 3.49. The van der Waals surface area contributed by atoms with Gasteiger partial charge in [0.25, 0.3) is 0 Å². The number of rotatable bonds is 5. The maximum atomic E-state index is 10.9. The van der Waals surface area contributed by atoms with E-state index in [1.165, 1.54) is 0 Å². The lowest BCUT2D eigenvalue weighted by Gasteiger charge is -2.17. The Labute approximate surface area is 122 Å². The Morgan fingerprint density at radius 3 is 1.52 bits per heavy atom. The lowest BCUT2D eigenvalue weighted by atomic mass is 10.0. The Morgan fingerprint density at radius 2 is 1.24 bits per heavy atom. The molecule has 0 saturated heterocycles. The predicted molar refractivity (Wildman–Crippen MR) is 76.9 cm³/mol. The molecule has 0 heterocycles. The van der Waals surface area contributed by atoms with Crippen LogP contribution in [-0.4, -0.2) is 25.5 Å². The van der Waals surface area contributed by atoms with Gasteiger partial charge >= 0.3 is 6.16 Å². The summed E-state index contributed by atoms with van der Waals surface area (Å²) in [5, 5.41) is 8.94. The number of benzene rings is 2. The van der Waals surface area contributed by atoms with Crippen LogP contribution in [0.2, 0.25) is 0 Å². The van der Waals surface area contributed by atoms with Crippen molar-refractivity contribution in [3.8, 4) is 11.5 Å². The zero-order valence-electron chi connectivity index (χ0n) is 11.8. The second kappa shape index (κ2) is 6.65. The van der Waals surface area contributed by atoms with Crippen LogP contribution in [0.4, 0.5) is 4.79 Å². The Morgan fingerprint density at radius 1 is 0.857 bits per heavy atom. The molecule has 0 unspecified atom stereocenters. The minimum atomic E-state index is -1.33. The minimum Gasteiger partial charge on any atom is -0.497 e. The van der Waals surface area contributed by atoms with Crippen molar-refractivity contribution in [2.75, 3.05) is 14.2 Å². The second-order valence-corrected chi connectivity index (χ2v) is 4.31. The molecule has 2 aromatic carbocycles. The highest BCUT2D eigenvalue weighted by molar-refractivity contribution is 5.58. The smallest absolute Gasteiger partial charge is 0.497 e. The van der Waals surface area contributed by atoms with Crippen LogP contribution in [0.5, 0.6) is 11.5 Å². The van der Waals surface area contributed by atoms with E-state index in [-0.39, 0.29) is 0 Å². The summed E-state index contributed by atoms with van der Waals surface area (Å²) in [5.74, 6) is 1.39. The summed E-state index contributed by atoms with van der Waals surface area (Å²) >= 11 is 0. The number of carbonyl (C=O) groups is 1. The second-order valence-electron chi connectivity index (χ2n) is 4.31. The molecule has 0 aliphatic carbocycles. The molecule has 0 aromatic heterocycles. The van der Waals surface area contributed by atoms with Gasteiger partial charge in [-0.3, -0.25) is 0 Å². The highest BCUT2D eigenvalue weighted by atomic mass is 16.7. The minimum absolute atomic E-state index is 0.695. The van der Waals surface area contributed by atoms with Gasteiger partial charge in [0.15, 0.2) is 6.10 Å². The molecule has 21 heavy (non-hydrogen) atoms. The fourth-order valence-corrected chi connectivity index (χ4v) is 1.99. The van der Waals surface area contributed by atoms with Crippen LogP contribution in [0, 0.1) is 0 Å². The van der Waals surface area contributed by atoms with E-state index in [0.29, 0.717) is 11.5 Å². The summed E-state index contributed by atoms with van der Waals surface area (Å²) in [5.41, 5.74) is 1.45. The molecule has 110 valence electrons. The van der Waals surface area contributed by atoms with Crippen LogP contribution >= 0.6 is 0 Å². The molecule has 0 spiro atoms. The van der Waals surface area contributed by atoms with Crippen LogP contribution in [0.25, 0.3) is 0 Å². The molecule has 0 aliphatic heterocycles. The van der Waals surface area contributed by atoms with Crippen molar-refractivity contribution in [3.05, 3.63) is 59.7 Å². The lowest BCUT2D eigenvalue weighted by molar-refractivity contribution is 0.0663. The Bertz CT molecular complexity index is 542. The van der Waals surface area contributed by atoms with Gasteiger partial charge in [-0.1, -0.05) is 24.3 Å². The quantitative estimate of drug-likeness (QED) is 0.853. The number of carboxylic acid groups (broad SMARTS) is 1. The first kappa shape index (κ1) is 14.7. The number of hydrogen-bond donors (Lipinski definition) is 1. The van der Waals surface area contributed by atoms with Gasteiger partial charge in [0, 0.05) is 0 Å². The average Bonchev–Trinajstić information content (AvgIpc) is 2.53. The summed E-state index contributed by atoms with van der Waals surface area (Å²) in [6, 6.07) is 14.1. The summed E-state index contributed by atoms with van der Waals surface area (Å²) < 4.78 is 15.2. The summed E-state index contributed by atoms with van der Waals surface area (Å²) in [6.07, 6.45) is -2.02. The van der Waals surface area contributed by atoms with Crippen LogP contribution < -0.4 is 9.47 Å². The van der Waals surface area contributed by atoms with E-state index >= 15 is 0 Å². The molecule has 0 saturated carbocycles. The van der Waals surface area contributed by atoms with E-state index in [2.05, 4.69) is 0 Å². The standard InChI is InChI=1S/C16H16O5/c1-19-13-7-3-11(4-8-13)15(21-16(17)18)12-5-9-14(20-2)10-6-12/h3-10,15H,1-2H3,(H,17,18). The monoisotopic (exact) mass is 288 g/mol. The molecule has 2 aromatic rings. The Kier molecular flexibility index (Phi) is 4.66. The maximum Gasteiger partial charge on any atom is 0.506 e. The molecule has 2 rings (SSSR count). The van der Waals surface area contributed by atoms with Crippen LogP contribution in [0.3, 0.4) is 0 Å². The first-order valence-corrected chi connectivity index (χ1v) is 6.31. The van der Waals surface area contributed by atoms with Gasteiger partial charge in [0.1, 0.15) is 11.5 Å². The van der Waals surface area contributed by atoms with Crippen molar-refractivity contribution in [2.24, 2.45) is 0 Å². The fourth-order valence-electron chi connectivity index (χ4n) is 1.99. The van der Waals surface area contributed by atoms with Gasteiger partial charge < -0.3 is 19.3 Å². The van der Waals surface area contributed by atoms with Gasteiger partial charge in [-0.2, -0.15) is 0 Å². The molecule has 0 fully saturated rings. The van der Waals surface area contributed by atoms with Gasteiger partial charge in [-0.05, 0) is 35.4 Å². The first-order valence-electron chi connectivity index (χ1n) is 6.31. The van der Waals surface area contributed by atoms with Crippen molar-refractivity contribution >= 4 is 6.16 Å². The van der Waals surface area contributed by atoms with E-state index in [4.69, 9.17) is 19.3 Å². The van der Waals surface area contributed by atoms with Crippen LogP contribution in [0.15, 0.2) is 48.5 Å². The summed E-state index contributed by atoms with van der Waals surface area (Å²) in [4.78, 5) is 10.9. The third-order valence-corrected chi connectivity index (χ3v) is 3.06. The molecular formula is C16H16O5. The van der Waals surface area contributed by atoms with E-state index in [1.807, 2.05) is 0 Å². The Hall–Kier alpha value is -2.69. The molecule has 5 nitrogen and oxygen atoms in total. The van der Waals surface area contributed by atoms with Crippen molar-refractivity contribution in [1.82, 2.24) is 0 Å². The summed E-state index contributed by atoms with van der Waals surface area (Å²) in [6.45, 7) is 0. The maximum absolute atomic E-state index is 10.9. The zero-order chi connectivity index (χ0) is 15.2. The van der Waals surface area contributed by atoms with E-state index in [9.17, 15) is 4.79 Å². The topological polar surface area (TPSA) is 65.0 Å². The third-order valence-electron chi connectivity index (χ3n) is 3.06. The number of ether oxygens (including phenoxy) is 3. The average molecular weight is 288 g/mol. The molecule has 0 amide bonds. The van der Waals surface area contributed by atoms with Crippen molar-refractivity contribution in [2.45, 2.75) is 6.10 Å². The molecule has 1 N–H and O–H groups in total. The molecule has 0 radical (unpaired) electrons. The van der Waals surface area contributed by atoms with Gasteiger partial charge in [-0.15, -0.1) is 0 Å². The zero-order valence-corrected chi connectivity index (χ0v) is 11.8. The van der Waals surface area contributed by atoms with Crippen LogP contribution in [0.1, 0.15) is 17.2 Å². The highest BCUT2D eigenvalue weighted by Crippen LogP contribution is 2.29. The van der Waals surface area contributed by atoms with Crippen molar-refractivity contribution in [3.63, 3.8) is 0 Å². The van der Waals surface area contributed by atoms with Gasteiger partial charge in [0.2, 0.25) is 0 Å². The fraction of sp³-hybridized carbons (Fsp3) is 0.188. The highest BCUT2D eigenvalue weighted by Gasteiger charge is 2.18. The molecule has 0 bridgehead atoms. The molecule has 0 atom stereocenters. The lowest BCUT2D eigenvalue weighted by Crippen LogP contribution is -2.10. The van der Waals surface area contributed by atoms with Crippen molar-refractivity contribution in [1.29, 1.82) is 0 Å². The Balaban J connectivity index is 2.33. The van der Waals surface area contributed by atoms with Crippen LogP contribution in [-0.2, 0) is 4.74 Å². The first-order chi connectivity index (χ1) is 10.1. The normalized spacial score (nSPS) is 10.2. The number of methoxy groups -OCH3 is 2. The van der Waals surface area contributed by atoms with E-state index < -0.39 is 12.3 Å². The summed E-state index contributed by atoms with van der Waals surface area (Å²) in [7, 11) is 3.15. The number of hydrogen-bond acceptors (Lipinski definition) is 4. The van der Waals surface area contributed by atoms with Gasteiger partial charge in [0.05, 0.1) is 14.2 Å².